The highest BCUT2D eigenvalue weighted by atomic mass is 32.2. The third-order valence-corrected chi connectivity index (χ3v) is 3.09. The van der Waals surface area contributed by atoms with Gasteiger partial charge in [0.05, 0.1) is 16.2 Å². The lowest BCUT2D eigenvalue weighted by Gasteiger charge is -2.19. The molecule has 0 bridgehead atoms. The Morgan fingerprint density at radius 2 is 2.00 bits per heavy atom. The number of nitrogens with one attached hydrogen (secondary N) is 1. The SMILES string of the molecule is CC(C)(C)OCC(=O)Nc1ccc(S(N)(=O)=O)cc1F. The number of hydrogen-bond acceptors (Lipinski definition) is 4. The number of amides is 1. The second-order valence-corrected chi connectivity index (χ2v) is 6.70. The van der Waals surface area contributed by atoms with E-state index in [1.807, 2.05) is 0 Å². The van der Waals surface area contributed by atoms with Gasteiger partial charge in [-0.2, -0.15) is 0 Å². The number of primary sulfonamides is 1. The average Bonchev–Trinajstić information content (AvgIpc) is 2.27. The van der Waals surface area contributed by atoms with E-state index in [0.717, 1.165) is 18.2 Å². The first kappa shape index (κ1) is 16.5. The number of rotatable bonds is 4. The van der Waals surface area contributed by atoms with Crippen molar-refractivity contribution in [3.63, 3.8) is 0 Å². The van der Waals surface area contributed by atoms with Crippen LogP contribution in [0.15, 0.2) is 23.1 Å². The zero-order valence-corrected chi connectivity index (χ0v) is 12.3. The Kier molecular flexibility index (Phi) is 4.85. The predicted molar refractivity (Wildman–Crippen MR) is 72.1 cm³/mol. The van der Waals surface area contributed by atoms with Crippen molar-refractivity contribution in [2.75, 3.05) is 11.9 Å². The molecule has 112 valence electrons. The van der Waals surface area contributed by atoms with Crippen LogP contribution in [0, 0.1) is 5.82 Å². The summed E-state index contributed by atoms with van der Waals surface area (Å²) in [6, 6.07) is 2.98. The maximum Gasteiger partial charge on any atom is 0.250 e. The van der Waals surface area contributed by atoms with Crippen molar-refractivity contribution in [3.8, 4) is 0 Å². The van der Waals surface area contributed by atoms with Crippen molar-refractivity contribution in [1.82, 2.24) is 0 Å². The molecule has 0 saturated heterocycles. The van der Waals surface area contributed by atoms with E-state index in [0.29, 0.717) is 0 Å². The smallest absolute Gasteiger partial charge is 0.250 e. The second kappa shape index (κ2) is 5.86. The quantitative estimate of drug-likeness (QED) is 0.874. The molecule has 0 aliphatic rings. The average molecular weight is 304 g/mol. The Balaban J connectivity index is 2.77. The van der Waals surface area contributed by atoms with E-state index in [1.54, 1.807) is 20.8 Å². The van der Waals surface area contributed by atoms with Gasteiger partial charge in [0, 0.05) is 0 Å². The summed E-state index contributed by atoms with van der Waals surface area (Å²) in [7, 11) is -3.98. The maximum atomic E-state index is 13.6. The summed E-state index contributed by atoms with van der Waals surface area (Å²) in [5.74, 6) is -1.43. The van der Waals surface area contributed by atoms with Crippen molar-refractivity contribution in [3.05, 3.63) is 24.0 Å². The molecule has 0 heterocycles. The Morgan fingerprint density at radius 3 is 2.45 bits per heavy atom. The van der Waals surface area contributed by atoms with Crippen molar-refractivity contribution in [2.45, 2.75) is 31.3 Å². The van der Waals surface area contributed by atoms with Gasteiger partial charge in [0.2, 0.25) is 15.9 Å². The maximum absolute atomic E-state index is 13.6. The van der Waals surface area contributed by atoms with Crippen LogP contribution in [0.3, 0.4) is 0 Å². The minimum Gasteiger partial charge on any atom is -0.366 e. The minimum atomic E-state index is -3.98. The molecule has 0 unspecified atom stereocenters. The summed E-state index contributed by atoms with van der Waals surface area (Å²) < 4.78 is 40.9. The van der Waals surface area contributed by atoms with Gasteiger partial charge in [-0.05, 0) is 39.0 Å². The van der Waals surface area contributed by atoms with Crippen LogP contribution in [0.2, 0.25) is 0 Å². The molecule has 0 aliphatic carbocycles. The van der Waals surface area contributed by atoms with Gasteiger partial charge in [-0.25, -0.2) is 17.9 Å². The largest absolute Gasteiger partial charge is 0.366 e. The minimum absolute atomic E-state index is 0.139. The molecule has 0 spiro atoms. The molecule has 1 amide bonds. The second-order valence-electron chi connectivity index (χ2n) is 5.14. The van der Waals surface area contributed by atoms with Gasteiger partial charge in [0.15, 0.2) is 0 Å². The van der Waals surface area contributed by atoms with Crippen LogP contribution in [-0.4, -0.2) is 26.5 Å². The van der Waals surface area contributed by atoms with E-state index >= 15 is 0 Å². The van der Waals surface area contributed by atoms with Crippen molar-refractivity contribution >= 4 is 21.6 Å². The first-order valence-electron chi connectivity index (χ1n) is 5.75. The molecule has 0 fully saturated rings. The molecule has 1 rings (SSSR count). The van der Waals surface area contributed by atoms with E-state index in [4.69, 9.17) is 9.88 Å². The molecule has 3 N–H and O–H groups in total. The fourth-order valence-corrected chi connectivity index (χ4v) is 1.77. The molecular weight excluding hydrogens is 287 g/mol. The van der Waals surface area contributed by atoms with Crippen molar-refractivity contribution in [1.29, 1.82) is 0 Å². The molecule has 6 nitrogen and oxygen atoms in total. The molecule has 0 radical (unpaired) electrons. The number of nitrogens with two attached hydrogens (primary N) is 1. The number of sulfonamides is 1. The molecular formula is C12H17FN2O4S. The van der Waals surface area contributed by atoms with Gasteiger partial charge in [-0.15, -0.1) is 0 Å². The molecule has 1 aromatic carbocycles. The first-order chi connectivity index (χ1) is 8.99. The van der Waals surface area contributed by atoms with Gasteiger partial charge >= 0.3 is 0 Å². The zero-order valence-electron chi connectivity index (χ0n) is 11.4. The molecule has 8 heteroatoms. The van der Waals surface area contributed by atoms with Crippen molar-refractivity contribution in [2.24, 2.45) is 5.14 Å². The lowest BCUT2D eigenvalue weighted by molar-refractivity contribution is -0.125. The third-order valence-electron chi connectivity index (χ3n) is 2.18. The number of ether oxygens (including phenoxy) is 1. The fraction of sp³-hybridized carbons (Fsp3) is 0.417. The summed E-state index contributed by atoms with van der Waals surface area (Å²) in [4.78, 5) is 11.2. The highest BCUT2D eigenvalue weighted by Gasteiger charge is 2.15. The fourth-order valence-electron chi connectivity index (χ4n) is 1.24. The van der Waals surface area contributed by atoms with Crippen LogP contribution in [-0.2, 0) is 19.6 Å². The summed E-state index contributed by atoms with van der Waals surface area (Å²) in [6.45, 7) is 5.10. The number of anilines is 1. The third kappa shape index (κ3) is 5.24. The highest BCUT2D eigenvalue weighted by molar-refractivity contribution is 7.89. The Labute approximate surface area is 117 Å². The molecule has 0 aromatic heterocycles. The van der Waals surface area contributed by atoms with Crippen LogP contribution in [0.25, 0.3) is 0 Å². The molecule has 20 heavy (non-hydrogen) atoms. The normalized spacial score (nSPS) is 12.2. The first-order valence-corrected chi connectivity index (χ1v) is 7.30. The Bertz CT molecular complexity index is 608. The van der Waals surface area contributed by atoms with Crippen LogP contribution in [0.5, 0.6) is 0 Å². The zero-order chi connectivity index (χ0) is 15.6. The summed E-state index contributed by atoms with van der Waals surface area (Å²) in [5, 5.41) is 7.16. The molecule has 0 atom stereocenters. The Hall–Kier alpha value is -1.51. The van der Waals surface area contributed by atoms with E-state index in [1.165, 1.54) is 0 Å². The van der Waals surface area contributed by atoms with E-state index in [-0.39, 0.29) is 17.2 Å². The highest BCUT2D eigenvalue weighted by Crippen LogP contribution is 2.18. The summed E-state index contributed by atoms with van der Waals surface area (Å²) >= 11 is 0. The van der Waals surface area contributed by atoms with Crippen LogP contribution < -0.4 is 10.5 Å². The van der Waals surface area contributed by atoms with Gasteiger partial charge in [0.25, 0.3) is 0 Å². The number of hydrogen-bond donors (Lipinski definition) is 2. The summed E-state index contributed by atoms with van der Waals surface area (Å²) in [5.41, 5.74) is -0.632. The van der Waals surface area contributed by atoms with E-state index < -0.39 is 27.3 Å². The number of benzene rings is 1. The lowest BCUT2D eigenvalue weighted by atomic mass is 10.2. The standard InChI is InChI=1S/C12H17FN2O4S/c1-12(2,3)19-7-11(16)15-10-5-4-8(6-9(10)13)20(14,17)18/h4-6H,7H2,1-3H3,(H,15,16)(H2,14,17,18). The monoisotopic (exact) mass is 304 g/mol. The van der Waals surface area contributed by atoms with Gasteiger partial charge < -0.3 is 10.1 Å². The predicted octanol–water partition coefficient (Wildman–Crippen LogP) is 1.23. The molecule has 1 aromatic rings. The van der Waals surface area contributed by atoms with Crippen LogP contribution >= 0.6 is 0 Å². The topological polar surface area (TPSA) is 98.5 Å². The lowest BCUT2D eigenvalue weighted by Crippen LogP contribution is -2.27. The Morgan fingerprint density at radius 1 is 1.40 bits per heavy atom. The van der Waals surface area contributed by atoms with E-state index in [9.17, 15) is 17.6 Å². The van der Waals surface area contributed by atoms with Gasteiger partial charge in [-0.3, -0.25) is 4.79 Å². The number of carbonyl (C=O) groups excluding carboxylic acids is 1. The number of halogens is 1. The van der Waals surface area contributed by atoms with Gasteiger partial charge in [-0.1, -0.05) is 0 Å². The van der Waals surface area contributed by atoms with E-state index in [2.05, 4.69) is 5.32 Å². The molecule has 0 saturated carbocycles. The van der Waals surface area contributed by atoms with Crippen LogP contribution in [0.4, 0.5) is 10.1 Å². The molecule has 0 aliphatic heterocycles. The van der Waals surface area contributed by atoms with Crippen molar-refractivity contribution < 1.29 is 22.3 Å². The van der Waals surface area contributed by atoms with Crippen LogP contribution in [0.1, 0.15) is 20.8 Å². The number of carbonyl (C=O) groups is 1. The summed E-state index contributed by atoms with van der Waals surface area (Å²) in [6.07, 6.45) is 0. The van der Waals surface area contributed by atoms with Gasteiger partial charge in [0.1, 0.15) is 12.4 Å².